The third kappa shape index (κ3) is 4.31. The van der Waals surface area contributed by atoms with Gasteiger partial charge in [0.1, 0.15) is 5.60 Å². The highest BCUT2D eigenvalue weighted by Gasteiger charge is 2.30. The Morgan fingerprint density at radius 2 is 2.04 bits per heavy atom. The van der Waals surface area contributed by atoms with Gasteiger partial charge in [0.25, 0.3) is 0 Å². The van der Waals surface area contributed by atoms with Crippen LogP contribution in [0.2, 0.25) is 0 Å². The summed E-state index contributed by atoms with van der Waals surface area (Å²) < 4.78 is 10.0. The normalized spacial score (nSPS) is 18.3. The fraction of sp³-hybridized carbons (Fsp3) is 0.600. The Bertz CT molecular complexity index is 616. The van der Waals surface area contributed by atoms with Crippen LogP contribution >= 0.6 is 0 Å². The number of amides is 1. The molecule has 1 aromatic rings. The van der Waals surface area contributed by atoms with E-state index in [-0.39, 0.29) is 11.8 Å². The first-order valence-corrected chi connectivity index (χ1v) is 7.62. The van der Waals surface area contributed by atoms with Crippen molar-refractivity contribution in [2.75, 3.05) is 31.6 Å². The predicted octanol–water partition coefficient (Wildman–Crippen LogP) is 0.605. The van der Waals surface area contributed by atoms with Gasteiger partial charge in [0, 0.05) is 13.1 Å². The Morgan fingerprint density at radius 1 is 1.33 bits per heavy atom. The van der Waals surface area contributed by atoms with Crippen molar-refractivity contribution in [1.82, 2.24) is 15.1 Å². The smallest absolute Gasteiger partial charge is 0.410 e. The number of methoxy groups -OCH3 is 1. The average Bonchev–Trinajstić information content (AvgIpc) is 2.52. The third-order valence-electron chi connectivity index (χ3n) is 3.44. The highest BCUT2D eigenvalue weighted by atomic mass is 16.6. The van der Waals surface area contributed by atoms with Crippen molar-refractivity contribution < 1.29 is 19.1 Å². The number of hydrogen-bond acceptors (Lipinski definition) is 8. The fourth-order valence-corrected chi connectivity index (χ4v) is 2.34. The Labute approximate surface area is 140 Å². The minimum atomic E-state index is -0.565. The van der Waals surface area contributed by atoms with Gasteiger partial charge in [-0.3, -0.25) is 0 Å². The maximum absolute atomic E-state index is 12.1. The fourth-order valence-electron chi connectivity index (χ4n) is 2.34. The van der Waals surface area contributed by atoms with E-state index in [1.807, 2.05) is 25.7 Å². The van der Waals surface area contributed by atoms with Gasteiger partial charge in [-0.2, -0.15) is 5.10 Å². The molecule has 24 heavy (non-hydrogen) atoms. The number of ether oxygens (including phenoxy) is 2. The van der Waals surface area contributed by atoms with Crippen LogP contribution in [0, 0.1) is 0 Å². The number of carbonyl (C=O) groups is 2. The molecule has 9 nitrogen and oxygen atoms in total. The second kappa shape index (κ2) is 7.00. The van der Waals surface area contributed by atoms with E-state index in [0.29, 0.717) is 25.3 Å². The molecule has 1 unspecified atom stereocenters. The van der Waals surface area contributed by atoms with E-state index < -0.39 is 17.7 Å². The van der Waals surface area contributed by atoms with Crippen LogP contribution in [0.15, 0.2) is 12.3 Å². The summed E-state index contributed by atoms with van der Waals surface area (Å²) in [5.41, 5.74) is 6.38. The van der Waals surface area contributed by atoms with Gasteiger partial charge < -0.3 is 25.0 Å². The molecular weight excluding hydrogens is 314 g/mol. The SMILES string of the molecule is COC(=O)c1cc(N2CCN(C(=O)OC(C)(C)C)CC2N)cnn1. The molecule has 1 fully saturated rings. The minimum absolute atomic E-state index is 0.108. The molecule has 1 aliphatic rings. The summed E-state index contributed by atoms with van der Waals surface area (Å²) in [5, 5.41) is 7.55. The van der Waals surface area contributed by atoms with Crippen LogP contribution in [-0.2, 0) is 9.47 Å². The number of nitrogens with two attached hydrogens (primary N) is 1. The standard InChI is InChI=1S/C15H23N5O4/c1-15(2,3)24-14(22)19-5-6-20(12(16)9-19)10-7-11(13(21)23-4)18-17-8-10/h7-8,12H,5-6,9,16H2,1-4H3. The van der Waals surface area contributed by atoms with Crippen molar-refractivity contribution in [2.24, 2.45) is 5.73 Å². The molecule has 132 valence electrons. The molecule has 0 saturated carbocycles. The monoisotopic (exact) mass is 337 g/mol. The lowest BCUT2D eigenvalue weighted by Crippen LogP contribution is -2.59. The highest BCUT2D eigenvalue weighted by Crippen LogP contribution is 2.20. The summed E-state index contributed by atoms with van der Waals surface area (Å²) in [6, 6.07) is 1.57. The molecule has 2 N–H and O–H groups in total. The molecule has 0 aliphatic carbocycles. The molecule has 0 aromatic carbocycles. The lowest BCUT2D eigenvalue weighted by atomic mass is 10.2. The maximum Gasteiger partial charge on any atom is 0.410 e. The largest absolute Gasteiger partial charge is 0.464 e. The van der Waals surface area contributed by atoms with Crippen LogP contribution in [0.25, 0.3) is 0 Å². The lowest BCUT2D eigenvalue weighted by molar-refractivity contribution is 0.0215. The van der Waals surface area contributed by atoms with E-state index in [1.54, 1.807) is 11.0 Å². The second-order valence-electron chi connectivity index (χ2n) is 6.48. The van der Waals surface area contributed by atoms with E-state index in [1.165, 1.54) is 13.3 Å². The Morgan fingerprint density at radius 3 is 2.62 bits per heavy atom. The molecule has 1 aromatic heterocycles. The Hall–Kier alpha value is -2.42. The molecule has 0 bridgehead atoms. The number of anilines is 1. The average molecular weight is 337 g/mol. The minimum Gasteiger partial charge on any atom is -0.464 e. The summed E-state index contributed by atoms with van der Waals surface area (Å²) in [5.74, 6) is -0.565. The van der Waals surface area contributed by atoms with Gasteiger partial charge in [-0.05, 0) is 26.8 Å². The van der Waals surface area contributed by atoms with Crippen molar-refractivity contribution in [2.45, 2.75) is 32.5 Å². The molecule has 2 rings (SSSR count). The quantitative estimate of drug-likeness (QED) is 0.781. The molecule has 1 atom stereocenters. The van der Waals surface area contributed by atoms with Crippen molar-refractivity contribution >= 4 is 17.7 Å². The number of piperazine rings is 1. The number of nitrogens with zero attached hydrogens (tertiary/aromatic N) is 4. The van der Waals surface area contributed by atoms with Crippen LogP contribution in [0.3, 0.4) is 0 Å². The number of rotatable bonds is 2. The van der Waals surface area contributed by atoms with Crippen molar-refractivity contribution in [3.8, 4) is 0 Å². The first-order chi connectivity index (χ1) is 11.2. The molecule has 1 amide bonds. The van der Waals surface area contributed by atoms with Gasteiger partial charge in [-0.25, -0.2) is 9.59 Å². The molecule has 2 heterocycles. The topological polar surface area (TPSA) is 111 Å². The van der Waals surface area contributed by atoms with Gasteiger partial charge in [0.05, 0.1) is 31.7 Å². The highest BCUT2D eigenvalue weighted by molar-refractivity contribution is 5.87. The predicted molar refractivity (Wildman–Crippen MR) is 86.5 cm³/mol. The van der Waals surface area contributed by atoms with Gasteiger partial charge in [-0.15, -0.1) is 5.10 Å². The molecule has 1 aliphatic heterocycles. The van der Waals surface area contributed by atoms with Gasteiger partial charge >= 0.3 is 12.1 Å². The van der Waals surface area contributed by atoms with Gasteiger partial charge in [0.2, 0.25) is 0 Å². The Balaban J connectivity index is 2.06. The van der Waals surface area contributed by atoms with Gasteiger partial charge in [0.15, 0.2) is 5.69 Å². The van der Waals surface area contributed by atoms with E-state index >= 15 is 0 Å². The maximum atomic E-state index is 12.1. The molecule has 0 spiro atoms. The van der Waals surface area contributed by atoms with Crippen LogP contribution in [-0.4, -0.2) is 65.7 Å². The summed E-state index contributed by atoms with van der Waals surface area (Å²) in [7, 11) is 1.28. The number of aromatic nitrogens is 2. The number of carbonyl (C=O) groups excluding carboxylic acids is 2. The summed E-state index contributed by atoms with van der Waals surface area (Å²) >= 11 is 0. The third-order valence-corrected chi connectivity index (χ3v) is 3.44. The van der Waals surface area contributed by atoms with Crippen molar-refractivity contribution in [1.29, 1.82) is 0 Å². The molecule has 0 radical (unpaired) electrons. The zero-order valence-corrected chi connectivity index (χ0v) is 14.4. The molecule has 9 heteroatoms. The van der Waals surface area contributed by atoms with Crippen LogP contribution in [0.4, 0.5) is 10.5 Å². The summed E-state index contributed by atoms with van der Waals surface area (Å²) in [4.78, 5) is 27.1. The zero-order chi connectivity index (χ0) is 17.9. The molecular formula is C15H23N5O4. The van der Waals surface area contributed by atoms with E-state index in [0.717, 1.165) is 0 Å². The van der Waals surface area contributed by atoms with E-state index in [9.17, 15) is 9.59 Å². The summed E-state index contributed by atoms with van der Waals surface area (Å²) in [6.45, 7) is 6.71. The second-order valence-corrected chi connectivity index (χ2v) is 6.48. The van der Waals surface area contributed by atoms with Crippen LogP contribution < -0.4 is 10.6 Å². The first kappa shape index (κ1) is 17.9. The van der Waals surface area contributed by atoms with Crippen molar-refractivity contribution in [3.63, 3.8) is 0 Å². The zero-order valence-electron chi connectivity index (χ0n) is 14.4. The van der Waals surface area contributed by atoms with E-state index in [2.05, 4.69) is 14.9 Å². The lowest BCUT2D eigenvalue weighted by Gasteiger charge is -2.40. The molecule has 1 saturated heterocycles. The van der Waals surface area contributed by atoms with Crippen LogP contribution in [0.5, 0.6) is 0 Å². The number of hydrogen-bond donors (Lipinski definition) is 1. The van der Waals surface area contributed by atoms with Crippen molar-refractivity contribution in [3.05, 3.63) is 18.0 Å². The Kier molecular flexibility index (Phi) is 5.23. The first-order valence-electron chi connectivity index (χ1n) is 7.62. The van der Waals surface area contributed by atoms with Crippen LogP contribution in [0.1, 0.15) is 31.3 Å². The summed E-state index contributed by atoms with van der Waals surface area (Å²) in [6.07, 6.45) is 0.691. The van der Waals surface area contributed by atoms with Gasteiger partial charge in [-0.1, -0.05) is 0 Å². The van der Waals surface area contributed by atoms with E-state index in [4.69, 9.17) is 10.5 Å². The number of esters is 1.